The number of amides is 1. The van der Waals surface area contributed by atoms with Crippen LogP contribution in [-0.2, 0) is 9.53 Å². The maximum atomic E-state index is 13.2. The van der Waals surface area contributed by atoms with Gasteiger partial charge in [-0.1, -0.05) is 91.0 Å². The van der Waals surface area contributed by atoms with E-state index in [1.54, 1.807) is 6.07 Å². The molecular weight excluding hydrogens is 402 g/mol. The van der Waals surface area contributed by atoms with Crippen molar-refractivity contribution < 1.29 is 19.4 Å². The maximum Gasteiger partial charge on any atom is 0.411 e. The second-order valence-corrected chi connectivity index (χ2v) is 7.76. The van der Waals surface area contributed by atoms with Crippen molar-refractivity contribution in [2.75, 3.05) is 7.11 Å². The Labute approximate surface area is 185 Å². The van der Waals surface area contributed by atoms with E-state index >= 15 is 0 Å². The Morgan fingerprint density at radius 3 is 2.00 bits per heavy atom. The van der Waals surface area contributed by atoms with E-state index in [1.807, 2.05) is 84.9 Å². The fourth-order valence-corrected chi connectivity index (χ4v) is 4.78. The average molecular weight is 423 g/mol. The third-order valence-electron chi connectivity index (χ3n) is 6.09. The predicted octanol–water partition coefficient (Wildman–Crippen LogP) is 5.80. The number of nitrogens with zero attached hydrogens (tertiary/aromatic N) is 1. The molecule has 0 aliphatic heterocycles. The first-order chi connectivity index (χ1) is 15.6. The molecule has 5 rings (SSSR count). The van der Waals surface area contributed by atoms with Gasteiger partial charge < -0.3 is 9.84 Å². The zero-order valence-corrected chi connectivity index (χ0v) is 17.4. The van der Waals surface area contributed by atoms with Gasteiger partial charge in [0, 0.05) is 0 Å². The highest BCUT2D eigenvalue weighted by atomic mass is 16.5. The minimum absolute atomic E-state index is 0.544. The van der Waals surface area contributed by atoms with Crippen LogP contribution in [0, 0.1) is 0 Å². The van der Waals surface area contributed by atoms with Crippen molar-refractivity contribution in [2.45, 2.75) is 12.1 Å². The third-order valence-corrected chi connectivity index (χ3v) is 6.09. The zero-order chi connectivity index (χ0) is 22.2. The van der Waals surface area contributed by atoms with E-state index in [9.17, 15) is 14.7 Å². The summed E-state index contributed by atoms with van der Waals surface area (Å²) in [5.41, 5.74) is 4.28. The number of hydrogen-bond donors (Lipinski definition) is 1. The first kappa shape index (κ1) is 19.8. The molecule has 0 saturated carbocycles. The minimum atomic E-state index is -1.24. The summed E-state index contributed by atoms with van der Waals surface area (Å²) in [6, 6.07) is 26.9. The number of carboxylic acids is 1. The van der Waals surface area contributed by atoms with Crippen molar-refractivity contribution in [1.29, 1.82) is 0 Å². The summed E-state index contributed by atoms with van der Waals surface area (Å²) in [7, 11) is 1.28. The molecule has 1 atom stereocenters. The lowest BCUT2D eigenvalue weighted by atomic mass is 9.94. The van der Waals surface area contributed by atoms with Crippen LogP contribution in [0.15, 0.2) is 91.0 Å². The van der Waals surface area contributed by atoms with Gasteiger partial charge in [0.2, 0.25) is 0 Å². The van der Waals surface area contributed by atoms with Gasteiger partial charge in [0.15, 0.2) is 6.04 Å². The van der Waals surface area contributed by atoms with Crippen LogP contribution < -0.4 is 0 Å². The van der Waals surface area contributed by atoms with Crippen LogP contribution in [0.2, 0.25) is 0 Å². The van der Waals surface area contributed by atoms with Crippen molar-refractivity contribution in [3.63, 3.8) is 0 Å². The number of ether oxygens (including phenoxy) is 1. The first-order valence-electron chi connectivity index (χ1n) is 10.4. The highest BCUT2D eigenvalue weighted by molar-refractivity contribution is 5.93. The van der Waals surface area contributed by atoms with E-state index in [0.717, 1.165) is 33.0 Å². The monoisotopic (exact) mass is 423 g/mol. The molecule has 5 heteroatoms. The number of carbonyl (C=O) groups excluding carboxylic acids is 1. The van der Waals surface area contributed by atoms with E-state index in [0.29, 0.717) is 5.56 Å². The van der Waals surface area contributed by atoms with Gasteiger partial charge in [0.25, 0.3) is 0 Å². The molecule has 0 saturated heterocycles. The molecule has 0 fully saturated rings. The number of fused-ring (bicyclic) bond motifs is 4. The van der Waals surface area contributed by atoms with Crippen molar-refractivity contribution in [1.82, 2.24) is 4.90 Å². The van der Waals surface area contributed by atoms with E-state index < -0.39 is 24.1 Å². The normalized spacial score (nSPS) is 13.3. The summed E-state index contributed by atoms with van der Waals surface area (Å²) in [5.74, 6) is -1.12. The number of hydrogen-bond acceptors (Lipinski definition) is 3. The van der Waals surface area contributed by atoms with Gasteiger partial charge in [0.05, 0.1) is 13.2 Å². The maximum absolute atomic E-state index is 13.2. The molecule has 0 heterocycles. The summed E-state index contributed by atoms with van der Waals surface area (Å²) in [6.07, 6.45) is -0.693. The smallest absolute Gasteiger partial charge is 0.411 e. The first-order valence-corrected chi connectivity index (χ1v) is 10.4. The molecular formula is C27H21NO4. The highest BCUT2D eigenvalue weighted by Crippen LogP contribution is 2.49. The minimum Gasteiger partial charge on any atom is -0.479 e. The molecule has 5 nitrogen and oxygen atoms in total. The average Bonchev–Trinajstić information content (AvgIpc) is 3.16. The molecule has 1 N–H and O–H groups in total. The summed E-state index contributed by atoms with van der Waals surface area (Å²) in [6.45, 7) is 0. The molecule has 4 aromatic rings. The number of carbonyl (C=O) groups is 2. The standard InChI is InChI=1S/C27H21NO4/c1-32-27(31)28(24-22-14-6-4-12-19(22)20-13-5-7-15-23(20)24)25(26(29)30)21-16-8-10-17-9-2-3-11-18(17)21/h2-16,24-25H,1H3,(H,29,30). The quantitative estimate of drug-likeness (QED) is 0.450. The van der Waals surface area contributed by atoms with Gasteiger partial charge in [-0.3, -0.25) is 4.90 Å². The largest absolute Gasteiger partial charge is 0.479 e. The second-order valence-electron chi connectivity index (χ2n) is 7.76. The van der Waals surface area contributed by atoms with Crippen LogP contribution >= 0.6 is 0 Å². The molecule has 4 aromatic carbocycles. The van der Waals surface area contributed by atoms with Crippen LogP contribution in [0.25, 0.3) is 21.9 Å². The van der Waals surface area contributed by atoms with Gasteiger partial charge >= 0.3 is 12.1 Å². The summed E-state index contributed by atoms with van der Waals surface area (Å²) < 4.78 is 5.14. The topological polar surface area (TPSA) is 66.8 Å². The Morgan fingerprint density at radius 2 is 1.38 bits per heavy atom. The van der Waals surface area contributed by atoms with Crippen LogP contribution in [0.5, 0.6) is 0 Å². The fourth-order valence-electron chi connectivity index (χ4n) is 4.78. The zero-order valence-electron chi connectivity index (χ0n) is 17.4. The molecule has 0 bridgehead atoms. The van der Waals surface area contributed by atoms with Crippen molar-refractivity contribution >= 4 is 22.8 Å². The number of carboxylic acid groups (broad SMARTS) is 1. The van der Waals surface area contributed by atoms with Crippen LogP contribution in [0.4, 0.5) is 4.79 Å². The van der Waals surface area contributed by atoms with Gasteiger partial charge in [-0.25, -0.2) is 9.59 Å². The molecule has 158 valence electrons. The van der Waals surface area contributed by atoms with Crippen LogP contribution in [-0.4, -0.2) is 29.2 Å². The Balaban J connectivity index is 1.77. The summed E-state index contributed by atoms with van der Waals surface area (Å²) in [5, 5.41) is 12.1. The molecule has 0 radical (unpaired) electrons. The summed E-state index contributed by atoms with van der Waals surface area (Å²) in [4.78, 5) is 27.3. The van der Waals surface area contributed by atoms with Gasteiger partial charge in [0.1, 0.15) is 0 Å². The van der Waals surface area contributed by atoms with Crippen molar-refractivity contribution in [3.8, 4) is 11.1 Å². The predicted molar refractivity (Wildman–Crippen MR) is 122 cm³/mol. The second kappa shape index (κ2) is 7.85. The molecule has 0 aromatic heterocycles. The third kappa shape index (κ3) is 3.02. The molecule has 1 amide bonds. The Hall–Kier alpha value is -4.12. The number of aliphatic carboxylic acids is 1. The van der Waals surface area contributed by atoms with Gasteiger partial charge in [-0.05, 0) is 38.6 Å². The van der Waals surface area contributed by atoms with Crippen LogP contribution in [0.3, 0.4) is 0 Å². The molecule has 0 spiro atoms. The van der Waals surface area contributed by atoms with E-state index in [-0.39, 0.29) is 0 Å². The molecule has 1 aliphatic rings. The Morgan fingerprint density at radius 1 is 0.812 bits per heavy atom. The number of methoxy groups -OCH3 is 1. The lowest BCUT2D eigenvalue weighted by Crippen LogP contribution is -2.41. The van der Waals surface area contributed by atoms with Gasteiger partial charge in [-0.15, -0.1) is 0 Å². The lowest BCUT2D eigenvalue weighted by molar-refractivity contribution is -0.143. The van der Waals surface area contributed by atoms with E-state index in [4.69, 9.17) is 4.74 Å². The molecule has 1 unspecified atom stereocenters. The molecule has 1 aliphatic carbocycles. The lowest BCUT2D eigenvalue weighted by Gasteiger charge is -2.34. The van der Waals surface area contributed by atoms with E-state index in [2.05, 4.69) is 0 Å². The molecule has 32 heavy (non-hydrogen) atoms. The Kier molecular flexibility index (Phi) is 4.86. The Bertz CT molecular complexity index is 1300. The fraction of sp³-hybridized carbons (Fsp3) is 0.111. The number of rotatable bonds is 4. The van der Waals surface area contributed by atoms with Gasteiger partial charge in [-0.2, -0.15) is 0 Å². The van der Waals surface area contributed by atoms with E-state index in [1.165, 1.54) is 12.0 Å². The summed E-state index contributed by atoms with van der Waals surface area (Å²) >= 11 is 0. The van der Waals surface area contributed by atoms with Crippen molar-refractivity contribution in [3.05, 3.63) is 108 Å². The highest BCUT2D eigenvalue weighted by Gasteiger charge is 2.43. The number of benzene rings is 4. The van der Waals surface area contributed by atoms with Crippen molar-refractivity contribution in [2.24, 2.45) is 0 Å². The van der Waals surface area contributed by atoms with Crippen LogP contribution in [0.1, 0.15) is 28.8 Å². The SMILES string of the molecule is COC(=O)N(C(C(=O)O)c1cccc2ccccc12)C1c2ccccc2-c2ccccc21.